The van der Waals surface area contributed by atoms with Crippen molar-refractivity contribution in [1.82, 2.24) is 5.32 Å². The van der Waals surface area contributed by atoms with Crippen molar-refractivity contribution in [2.75, 3.05) is 5.32 Å². The zero-order valence-corrected chi connectivity index (χ0v) is 14.6. The Kier molecular flexibility index (Phi) is 6.34. The van der Waals surface area contributed by atoms with Crippen LogP contribution in [0.15, 0.2) is 48.5 Å². The van der Waals surface area contributed by atoms with E-state index in [1.54, 1.807) is 36.5 Å². The number of amides is 2. The highest BCUT2D eigenvalue weighted by atomic mass is 19.4. The summed E-state index contributed by atoms with van der Waals surface area (Å²) in [5.74, 6) is -2.90. The van der Waals surface area contributed by atoms with Crippen LogP contribution < -0.4 is 10.6 Å². The molecule has 0 aliphatic rings. The number of para-hydroxylation sites is 1. The summed E-state index contributed by atoms with van der Waals surface area (Å²) in [5.41, 5.74) is 0.837. The van der Waals surface area contributed by atoms with Crippen LogP contribution in [0.3, 0.4) is 0 Å². The summed E-state index contributed by atoms with van der Waals surface area (Å²) in [5, 5.41) is 15.2. The van der Waals surface area contributed by atoms with Gasteiger partial charge in [0.05, 0.1) is 17.4 Å². The average Bonchev–Trinajstić information content (AvgIpc) is 2.62. The molecule has 0 radical (unpaired) electrons. The summed E-state index contributed by atoms with van der Waals surface area (Å²) < 4.78 is 37.9. The normalized spacial score (nSPS) is 12.1. The fourth-order valence-corrected chi connectivity index (χ4v) is 2.45. The smallest absolute Gasteiger partial charge is 0.341 e. The van der Waals surface area contributed by atoms with Gasteiger partial charge in [-0.3, -0.25) is 19.7 Å². The summed E-state index contributed by atoms with van der Waals surface area (Å²) in [6.45, 7) is 1.74. The molecule has 1 atom stereocenters. The molecule has 0 heterocycles. The van der Waals surface area contributed by atoms with Gasteiger partial charge in [-0.25, -0.2) is 0 Å². The monoisotopic (exact) mass is 395 g/mol. The second kappa shape index (κ2) is 8.51. The summed E-state index contributed by atoms with van der Waals surface area (Å²) in [6, 6.07) is 10.1. The highest BCUT2D eigenvalue weighted by Gasteiger charge is 2.40. The largest absolute Gasteiger partial charge is 0.471 e. The Morgan fingerprint density at radius 1 is 1.14 bits per heavy atom. The van der Waals surface area contributed by atoms with E-state index in [1.807, 2.05) is 0 Å². The van der Waals surface area contributed by atoms with Crippen LogP contribution in [0, 0.1) is 17.0 Å². The van der Waals surface area contributed by atoms with Crippen molar-refractivity contribution in [1.29, 1.82) is 0 Å². The molecule has 2 N–H and O–H groups in total. The summed E-state index contributed by atoms with van der Waals surface area (Å²) in [6.07, 6.45) is -5.71. The lowest BCUT2D eigenvalue weighted by molar-refractivity contribution is -0.384. The lowest BCUT2D eigenvalue weighted by atomic mass is 10.0. The van der Waals surface area contributed by atoms with Crippen molar-refractivity contribution in [3.05, 3.63) is 69.8 Å². The van der Waals surface area contributed by atoms with E-state index in [9.17, 15) is 32.9 Å². The maximum atomic E-state index is 12.6. The second-order valence-electron chi connectivity index (χ2n) is 5.94. The van der Waals surface area contributed by atoms with Gasteiger partial charge in [-0.15, -0.1) is 0 Å². The third kappa shape index (κ3) is 5.53. The maximum Gasteiger partial charge on any atom is 0.471 e. The summed E-state index contributed by atoms with van der Waals surface area (Å²) in [4.78, 5) is 33.9. The number of carbonyl (C=O) groups excluding carboxylic acids is 2. The molecular formula is C18H16F3N3O4. The van der Waals surface area contributed by atoms with E-state index in [0.717, 1.165) is 17.7 Å². The third-order valence-corrected chi connectivity index (χ3v) is 3.85. The van der Waals surface area contributed by atoms with E-state index < -0.39 is 35.4 Å². The van der Waals surface area contributed by atoms with Crippen molar-refractivity contribution in [2.45, 2.75) is 25.6 Å². The fourth-order valence-electron chi connectivity index (χ4n) is 2.45. The number of rotatable bonds is 6. The molecule has 2 aromatic rings. The van der Waals surface area contributed by atoms with Crippen molar-refractivity contribution in [3.8, 4) is 0 Å². The van der Waals surface area contributed by atoms with E-state index in [-0.39, 0.29) is 11.3 Å². The molecule has 0 aliphatic carbocycles. The molecule has 28 heavy (non-hydrogen) atoms. The summed E-state index contributed by atoms with van der Waals surface area (Å²) >= 11 is 0. The predicted octanol–water partition coefficient (Wildman–Crippen LogP) is 3.65. The number of halogens is 3. The number of carbonyl (C=O) groups is 2. The zero-order chi connectivity index (χ0) is 20.9. The van der Waals surface area contributed by atoms with Gasteiger partial charge in [0.15, 0.2) is 0 Å². The minimum Gasteiger partial charge on any atom is -0.341 e. The molecule has 10 heteroatoms. The molecule has 7 nitrogen and oxygen atoms in total. The lowest BCUT2D eigenvalue weighted by Gasteiger charge is -2.20. The predicted molar refractivity (Wildman–Crippen MR) is 94.5 cm³/mol. The highest BCUT2D eigenvalue weighted by Crippen LogP contribution is 2.25. The topological polar surface area (TPSA) is 101 Å². The van der Waals surface area contributed by atoms with E-state index in [0.29, 0.717) is 5.69 Å². The Labute approximate surface area is 157 Å². The van der Waals surface area contributed by atoms with Gasteiger partial charge < -0.3 is 10.6 Å². The van der Waals surface area contributed by atoms with Gasteiger partial charge in [0.25, 0.3) is 5.69 Å². The van der Waals surface area contributed by atoms with E-state index in [1.165, 1.54) is 12.1 Å². The van der Waals surface area contributed by atoms with Crippen molar-refractivity contribution in [3.63, 3.8) is 0 Å². The molecule has 0 aliphatic heterocycles. The Hall–Kier alpha value is -3.43. The number of aryl methyl sites for hydroxylation is 1. The van der Waals surface area contributed by atoms with Crippen molar-refractivity contribution >= 4 is 23.2 Å². The molecular weight excluding hydrogens is 379 g/mol. The minimum absolute atomic E-state index is 0.00623. The van der Waals surface area contributed by atoms with Crippen LogP contribution in [0.4, 0.5) is 24.5 Å². The van der Waals surface area contributed by atoms with Crippen LogP contribution in [-0.2, 0) is 9.59 Å². The van der Waals surface area contributed by atoms with Gasteiger partial charge in [-0.05, 0) is 24.1 Å². The van der Waals surface area contributed by atoms with Gasteiger partial charge >= 0.3 is 12.1 Å². The number of non-ortho nitro benzene ring substituents is 1. The number of alkyl halides is 3. The van der Waals surface area contributed by atoms with Gasteiger partial charge in [-0.1, -0.05) is 30.3 Å². The first-order valence-corrected chi connectivity index (χ1v) is 8.05. The molecule has 2 aromatic carbocycles. The van der Waals surface area contributed by atoms with Crippen LogP contribution in [0.25, 0.3) is 0 Å². The Morgan fingerprint density at radius 3 is 2.43 bits per heavy atom. The number of nitro benzene ring substituents is 1. The van der Waals surface area contributed by atoms with Crippen molar-refractivity contribution < 1.29 is 27.7 Å². The molecule has 1 unspecified atom stereocenters. The molecule has 148 valence electrons. The van der Waals surface area contributed by atoms with Gasteiger partial charge in [0.2, 0.25) is 5.91 Å². The average molecular weight is 395 g/mol. The molecule has 0 aromatic heterocycles. The first-order chi connectivity index (χ1) is 13.1. The quantitative estimate of drug-likeness (QED) is 0.576. The maximum absolute atomic E-state index is 12.6. The van der Waals surface area contributed by atoms with Crippen LogP contribution in [0.5, 0.6) is 0 Å². The second-order valence-corrected chi connectivity index (χ2v) is 5.94. The number of nitro groups is 1. The Balaban J connectivity index is 2.26. The molecule has 0 spiro atoms. The summed E-state index contributed by atoms with van der Waals surface area (Å²) in [7, 11) is 0. The van der Waals surface area contributed by atoms with Gasteiger partial charge in [0.1, 0.15) is 0 Å². The molecule has 0 fully saturated rings. The number of hydrogen-bond donors (Lipinski definition) is 2. The van der Waals surface area contributed by atoms with Crippen molar-refractivity contribution in [2.24, 2.45) is 0 Å². The third-order valence-electron chi connectivity index (χ3n) is 3.85. The number of hydrogen-bond acceptors (Lipinski definition) is 4. The number of anilines is 1. The van der Waals surface area contributed by atoms with Gasteiger partial charge in [-0.2, -0.15) is 13.2 Å². The molecule has 2 rings (SSSR count). The Morgan fingerprint density at radius 2 is 1.82 bits per heavy atom. The van der Waals surface area contributed by atoms with Crippen LogP contribution >= 0.6 is 0 Å². The standard InChI is InChI=1S/C18H16F3N3O4/c1-11-5-2-3-8-14(11)22-16(25)10-15(23-17(26)18(19,20)21)12-6-4-7-13(9-12)24(27)28/h2-9,15H,10H2,1H3,(H,22,25)(H,23,26). The van der Waals surface area contributed by atoms with E-state index in [4.69, 9.17) is 0 Å². The van der Waals surface area contributed by atoms with Gasteiger partial charge in [0, 0.05) is 17.8 Å². The highest BCUT2D eigenvalue weighted by molar-refractivity contribution is 5.92. The van der Waals surface area contributed by atoms with Crippen LogP contribution in [0.2, 0.25) is 0 Å². The molecule has 0 bridgehead atoms. The first kappa shape index (κ1) is 20.9. The van der Waals surface area contributed by atoms with E-state index in [2.05, 4.69) is 5.32 Å². The Bertz CT molecular complexity index is 900. The zero-order valence-electron chi connectivity index (χ0n) is 14.6. The lowest BCUT2D eigenvalue weighted by Crippen LogP contribution is -2.40. The molecule has 2 amide bonds. The SMILES string of the molecule is Cc1ccccc1NC(=O)CC(NC(=O)C(F)(F)F)c1cccc([N+](=O)[O-])c1. The van der Waals surface area contributed by atoms with Crippen LogP contribution in [0.1, 0.15) is 23.6 Å². The minimum atomic E-state index is -5.16. The fraction of sp³-hybridized carbons (Fsp3) is 0.222. The molecule has 0 saturated heterocycles. The van der Waals surface area contributed by atoms with Crippen LogP contribution in [-0.4, -0.2) is 22.9 Å². The molecule has 0 saturated carbocycles. The number of nitrogens with one attached hydrogen (secondary N) is 2. The number of benzene rings is 2. The first-order valence-electron chi connectivity index (χ1n) is 8.05. The number of nitrogens with zero attached hydrogens (tertiary/aromatic N) is 1. The van der Waals surface area contributed by atoms with E-state index >= 15 is 0 Å².